The molecule has 140 valence electrons. The number of nitrogens with zero attached hydrogens (tertiary/aromatic N) is 1. The molecule has 1 saturated heterocycles. The van der Waals surface area contributed by atoms with Crippen LogP contribution in [0.25, 0.3) is 0 Å². The molecule has 26 heavy (non-hydrogen) atoms. The van der Waals surface area contributed by atoms with Gasteiger partial charge in [-0.2, -0.15) is 0 Å². The van der Waals surface area contributed by atoms with Gasteiger partial charge in [0.1, 0.15) is 6.61 Å². The van der Waals surface area contributed by atoms with Crippen LogP contribution in [0.1, 0.15) is 31.2 Å². The second-order valence-corrected chi connectivity index (χ2v) is 6.21. The molecule has 1 aliphatic heterocycles. The van der Waals surface area contributed by atoms with E-state index < -0.39 is 11.9 Å². The predicted octanol–water partition coefficient (Wildman–Crippen LogP) is 2.27. The number of amides is 1. The molecule has 0 unspecified atom stereocenters. The maximum atomic E-state index is 11.8. The number of benzene rings is 1. The van der Waals surface area contributed by atoms with Gasteiger partial charge in [-0.3, -0.25) is 9.59 Å². The van der Waals surface area contributed by atoms with Gasteiger partial charge in [0.15, 0.2) is 0 Å². The molecule has 0 N–H and O–H groups in total. The molecule has 0 aromatic heterocycles. The minimum Gasteiger partial charge on any atom is -0.465 e. The third-order valence-electron chi connectivity index (χ3n) is 4.13. The maximum absolute atomic E-state index is 11.8. The van der Waals surface area contributed by atoms with Crippen molar-refractivity contribution in [3.63, 3.8) is 0 Å². The van der Waals surface area contributed by atoms with Crippen LogP contribution in [0.3, 0.4) is 0 Å². The van der Waals surface area contributed by atoms with Crippen molar-refractivity contribution in [2.45, 2.75) is 32.1 Å². The first-order valence-corrected chi connectivity index (χ1v) is 8.88. The van der Waals surface area contributed by atoms with Gasteiger partial charge in [0.25, 0.3) is 0 Å². The van der Waals surface area contributed by atoms with Crippen molar-refractivity contribution >= 4 is 17.8 Å². The van der Waals surface area contributed by atoms with E-state index in [1.54, 1.807) is 4.90 Å². The van der Waals surface area contributed by atoms with Crippen LogP contribution < -0.4 is 0 Å². The van der Waals surface area contributed by atoms with Gasteiger partial charge < -0.3 is 14.4 Å². The molecule has 0 aliphatic carbocycles. The Morgan fingerprint density at radius 1 is 1.12 bits per heavy atom. The van der Waals surface area contributed by atoms with Crippen molar-refractivity contribution in [3.8, 4) is 0 Å². The average Bonchev–Trinajstić information content (AvgIpc) is 3.04. The lowest BCUT2D eigenvalue weighted by Crippen LogP contribution is -2.29. The molecule has 1 fully saturated rings. The molecule has 0 spiro atoms. The fourth-order valence-corrected chi connectivity index (χ4v) is 2.70. The number of carbonyl (C=O) groups is 3. The molecule has 0 saturated carbocycles. The van der Waals surface area contributed by atoms with Crippen molar-refractivity contribution in [2.24, 2.45) is 0 Å². The molecule has 1 heterocycles. The predicted molar refractivity (Wildman–Crippen MR) is 96.3 cm³/mol. The van der Waals surface area contributed by atoms with Gasteiger partial charge in [0.05, 0.1) is 19.6 Å². The number of ether oxygens (including phenoxy) is 2. The summed E-state index contributed by atoms with van der Waals surface area (Å²) in [6, 6.07) is 9.94. The molecule has 0 bridgehead atoms. The van der Waals surface area contributed by atoms with Gasteiger partial charge in [0.2, 0.25) is 5.91 Å². The molecule has 0 radical (unpaired) electrons. The van der Waals surface area contributed by atoms with Gasteiger partial charge in [-0.15, -0.1) is 0 Å². The molecule has 1 aromatic rings. The average molecular weight is 359 g/mol. The summed E-state index contributed by atoms with van der Waals surface area (Å²) in [6.45, 7) is 5.06. The van der Waals surface area contributed by atoms with Crippen LogP contribution in [-0.2, 0) is 30.3 Å². The van der Waals surface area contributed by atoms with Crippen LogP contribution in [0.4, 0.5) is 0 Å². The van der Waals surface area contributed by atoms with Crippen LogP contribution in [0.15, 0.2) is 42.5 Å². The highest BCUT2D eigenvalue weighted by atomic mass is 16.5. The SMILES string of the molecule is C=C(CC(=O)OCCCc1ccccc1)C(=O)OCCN1CCCC1=O. The summed E-state index contributed by atoms with van der Waals surface area (Å²) < 4.78 is 10.2. The minimum absolute atomic E-state index is 0.0609. The van der Waals surface area contributed by atoms with E-state index in [1.807, 2.05) is 30.3 Å². The van der Waals surface area contributed by atoms with Gasteiger partial charge >= 0.3 is 11.9 Å². The van der Waals surface area contributed by atoms with E-state index in [0.717, 1.165) is 19.3 Å². The summed E-state index contributed by atoms with van der Waals surface area (Å²) in [7, 11) is 0. The normalized spacial score (nSPS) is 13.5. The van der Waals surface area contributed by atoms with Crippen molar-refractivity contribution < 1.29 is 23.9 Å². The van der Waals surface area contributed by atoms with Crippen LogP contribution in [-0.4, -0.2) is 49.0 Å². The van der Waals surface area contributed by atoms with Crippen molar-refractivity contribution in [1.29, 1.82) is 0 Å². The number of hydrogen-bond donors (Lipinski definition) is 0. The summed E-state index contributed by atoms with van der Waals surface area (Å²) in [6.07, 6.45) is 2.75. The standard InChI is InChI=1S/C20H25NO5/c1-16(20(24)26-14-12-21-11-5-10-18(21)22)15-19(23)25-13-6-9-17-7-3-2-4-8-17/h2-4,7-8H,1,5-6,9-15H2. The largest absolute Gasteiger partial charge is 0.465 e. The first-order valence-electron chi connectivity index (χ1n) is 8.88. The van der Waals surface area contributed by atoms with Crippen molar-refractivity contribution in [1.82, 2.24) is 4.90 Å². The second-order valence-electron chi connectivity index (χ2n) is 6.21. The first kappa shape index (κ1) is 19.7. The van der Waals surface area contributed by atoms with E-state index in [-0.39, 0.29) is 24.5 Å². The van der Waals surface area contributed by atoms with Gasteiger partial charge in [-0.25, -0.2) is 4.79 Å². The number of carbonyl (C=O) groups excluding carboxylic acids is 3. The van der Waals surface area contributed by atoms with Crippen LogP contribution in [0.5, 0.6) is 0 Å². The highest BCUT2D eigenvalue weighted by molar-refractivity contribution is 5.93. The second kappa shape index (κ2) is 10.4. The summed E-state index contributed by atoms with van der Waals surface area (Å²) >= 11 is 0. The lowest BCUT2D eigenvalue weighted by atomic mass is 10.1. The van der Waals surface area contributed by atoms with E-state index in [1.165, 1.54) is 5.56 Å². The summed E-state index contributed by atoms with van der Waals surface area (Å²) in [5.41, 5.74) is 1.25. The van der Waals surface area contributed by atoms with E-state index >= 15 is 0 Å². The smallest absolute Gasteiger partial charge is 0.334 e. The Hall–Kier alpha value is -2.63. The number of rotatable bonds is 10. The number of hydrogen-bond acceptors (Lipinski definition) is 5. The molecule has 1 amide bonds. The Morgan fingerprint density at radius 3 is 2.58 bits per heavy atom. The van der Waals surface area contributed by atoms with Gasteiger partial charge in [-0.05, 0) is 24.8 Å². The molecule has 1 aliphatic rings. The number of esters is 2. The monoisotopic (exact) mass is 359 g/mol. The third kappa shape index (κ3) is 6.70. The van der Waals surface area contributed by atoms with Gasteiger partial charge in [-0.1, -0.05) is 36.9 Å². The zero-order valence-corrected chi connectivity index (χ0v) is 14.9. The Labute approximate surface area is 153 Å². The molecular formula is C20H25NO5. The fraction of sp³-hybridized carbons (Fsp3) is 0.450. The Morgan fingerprint density at radius 2 is 1.88 bits per heavy atom. The van der Waals surface area contributed by atoms with Crippen LogP contribution in [0.2, 0.25) is 0 Å². The lowest BCUT2D eigenvalue weighted by Gasteiger charge is -2.15. The molecule has 6 nitrogen and oxygen atoms in total. The summed E-state index contributed by atoms with van der Waals surface area (Å²) in [5, 5.41) is 0. The Kier molecular flexibility index (Phi) is 7.86. The zero-order chi connectivity index (χ0) is 18.8. The maximum Gasteiger partial charge on any atom is 0.334 e. The van der Waals surface area contributed by atoms with E-state index in [9.17, 15) is 14.4 Å². The highest BCUT2D eigenvalue weighted by Gasteiger charge is 2.20. The van der Waals surface area contributed by atoms with E-state index in [2.05, 4.69) is 6.58 Å². The Balaban J connectivity index is 1.56. The topological polar surface area (TPSA) is 72.9 Å². The molecule has 6 heteroatoms. The van der Waals surface area contributed by atoms with Gasteiger partial charge in [0, 0.05) is 18.5 Å². The summed E-state index contributed by atoms with van der Waals surface area (Å²) in [4.78, 5) is 36.7. The minimum atomic E-state index is -0.627. The Bertz CT molecular complexity index is 641. The molecule has 2 rings (SSSR count). The van der Waals surface area contributed by atoms with Crippen LogP contribution >= 0.6 is 0 Å². The molecular weight excluding hydrogens is 334 g/mol. The van der Waals surface area contributed by atoms with E-state index in [4.69, 9.17) is 9.47 Å². The lowest BCUT2D eigenvalue weighted by molar-refractivity contribution is -0.146. The van der Waals surface area contributed by atoms with E-state index in [0.29, 0.717) is 26.1 Å². The molecule has 0 atom stereocenters. The van der Waals surface area contributed by atoms with Crippen molar-refractivity contribution in [2.75, 3.05) is 26.3 Å². The third-order valence-corrected chi connectivity index (χ3v) is 4.13. The zero-order valence-electron chi connectivity index (χ0n) is 14.9. The number of likely N-dealkylation sites (tertiary alicyclic amines) is 1. The summed E-state index contributed by atoms with van der Waals surface area (Å²) in [5.74, 6) is -1.04. The fourth-order valence-electron chi connectivity index (χ4n) is 2.70. The first-order chi connectivity index (χ1) is 12.6. The number of aryl methyl sites for hydroxylation is 1. The molecule has 1 aromatic carbocycles. The highest BCUT2D eigenvalue weighted by Crippen LogP contribution is 2.09. The van der Waals surface area contributed by atoms with Crippen molar-refractivity contribution in [3.05, 3.63) is 48.0 Å². The quantitative estimate of drug-likeness (QED) is 0.364. The van der Waals surface area contributed by atoms with Crippen LogP contribution in [0, 0.1) is 0 Å².